The van der Waals surface area contributed by atoms with Crippen LogP contribution in [-0.4, -0.2) is 35.2 Å². The van der Waals surface area contributed by atoms with Crippen molar-refractivity contribution < 1.29 is 4.79 Å². The van der Waals surface area contributed by atoms with Gasteiger partial charge < -0.3 is 10.2 Å². The molecule has 1 aliphatic heterocycles. The molecule has 2 heterocycles. The number of hydrogen-bond donors (Lipinski definition) is 2. The van der Waals surface area contributed by atoms with Gasteiger partial charge in [-0.1, -0.05) is 48.0 Å². The zero-order chi connectivity index (χ0) is 18.6. The van der Waals surface area contributed by atoms with Crippen LogP contribution < -0.4 is 10.2 Å². The number of anilines is 1. The second-order valence-electron chi connectivity index (χ2n) is 6.75. The minimum absolute atomic E-state index is 0.0675. The number of aromatic nitrogens is 2. The van der Waals surface area contributed by atoms with Crippen LogP contribution in [0.15, 0.2) is 60.7 Å². The van der Waals surface area contributed by atoms with Gasteiger partial charge in [0.2, 0.25) is 0 Å². The monoisotopic (exact) mass is 380 g/mol. The van der Waals surface area contributed by atoms with E-state index in [0.29, 0.717) is 10.6 Å². The highest BCUT2D eigenvalue weighted by molar-refractivity contribution is 6.30. The maximum atomic E-state index is 12.4. The molecule has 1 amide bonds. The molecule has 0 saturated carbocycles. The summed E-state index contributed by atoms with van der Waals surface area (Å²) in [5.74, 6) is 0.885. The van der Waals surface area contributed by atoms with E-state index in [9.17, 15) is 4.79 Å². The summed E-state index contributed by atoms with van der Waals surface area (Å²) in [6, 6.07) is 19.5. The number of benzene rings is 2. The van der Waals surface area contributed by atoms with Crippen LogP contribution in [0.5, 0.6) is 0 Å². The first-order chi connectivity index (χ1) is 13.2. The summed E-state index contributed by atoms with van der Waals surface area (Å²) in [6.45, 7) is 1.72. The lowest BCUT2D eigenvalue weighted by molar-refractivity contribution is 0.0931. The Morgan fingerprint density at radius 2 is 1.85 bits per heavy atom. The highest BCUT2D eigenvalue weighted by Gasteiger charge is 2.23. The second-order valence-corrected chi connectivity index (χ2v) is 7.19. The van der Waals surface area contributed by atoms with Gasteiger partial charge in [0, 0.05) is 35.8 Å². The number of rotatable bonds is 4. The fourth-order valence-corrected chi connectivity index (χ4v) is 3.58. The first-order valence-electron chi connectivity index (χ1n) is 9.11. The molecule has 138 valence electrons. The van der Waals surface area contributed by atoms with Crippen molar-refractivity contribution in [1.82, 2.24) is 15.5 Å². The van der Waals surface area contributed by atoms with Crippen LogP contribution in [0.25, 0.3) is 11.3 Å². The number of nitrogens with one attached hydrogen (secondary N) is 2. The van der Waals surface area contributed by atoms with Gasteiger partial charge in [-0.25, -0.2) is 0 Å². The molecule has 1 aromatic heterocycles. The van der Waals surface area contributed by atoms with E-state index in [4.69, 9.17) is 11.6 Å². The summed E-state index contributed by atoms with van der Waals surface area (Å²) in [6.07, 6.45) is 1.78. The van der Waals surface area contributed by atoms with Gasteiger partial charge in [-0.3, -0.25) is 9.89 Å². The molecule has 2 N–H and O–H groups in total. The SMILES string of the molecule is O=C(NC1CCN(c2cc(-c3ccccc3)[nH]n2)CC1)c1cccc(Cl)c1. The summed E-state index contributed by atoms with van der Waals surface area (Å²) in [5.41, 5.74) is 2.74. The van der Waals surface area contributed by atoms with Gasteiger partial charge in [0.15, 0.2) is 5.82 Å². The van der Waals surface area contributed by atoms with Crippen LogP contribution in [0.1, 0.15) is 23.2 Å². The van der Waals surface area contributed by atoms with E-state index in [0.717, 1.165) is 43.0 Å². The summed E-state index contributed by atoms with van der Waals surface area (Å²) in [4.78, 5) is 14.6. The number of hydrogen-bond acceptors (Lipinski definition) is 3. The van der Waals surface area contributed by atoms with E-state index in [1.807, 2.05) is 18.2 Å². The van der Waals surface area contributed by atoms with E-state index in [1.54, 1.807) is 24.3 Å². The van der Waals surface area contributed by atoms with Gasteiger partial charge in [-0.15, -0.1) is 0 Å². The second kappa shape index (κ2) is 7.84. The molecule has 1 fully saturated rings. The van der Waals surface area contributed by atoms with Crippen molar-refractivity contribution >= 4 is 23.3 Å². The summed E-state index contributed by atoms with van der Waals surface area (Å²) in [7, 11) is 0. The third-order valence-electron chi connectivity index (χ3n) is 4.89. The molecular formula is C21H21ClN4O. The van der Waals surface area contributed by atoms with Gasteiger partial charge in [0.1, 0.15) is 0 Å². The number of halogens is 1. The quantitative estimate of drug-likeness (QED) is 0.715. The Morgan fingerprint density at radius 1 is 1.07 bits per heavy atom. The van der Waals surface area contributed by atoms with Crippen LogP contribution in [0.2, 0.25) is 5.02 Å². The average Bonchev–Trinajstić information content (AvgIpc) is 3.19. The zero-order valence-electron chi connectivity index (χ0n) is 14.9. The first-order valence-corrected chi connectivity index (χ1v) is 9.49. The van der Waals surface area contributed by atoms with Crippen molar-refractivity contribution in [1.29, 1.82) is 0 Å². The molecule has 2 aromatic carbocycles. The molecule has 1 aliphatic rings. The average molecular weight is 381 g/mol. The molecule has 5 nitrogen and oxygen atoms in total. The van der Waals surface area contributed by atoms with Gasteiger partial charge >= 0.3 is 0 Å². The van der Waals surface area contributed by atoms with Gasteiger partial charge in [0.25, 0.3) is 5.91 Å². The number of H-pyrrole nitrogens is 1. The smallest absolute Gasteiger partial charge is 0.251 e. The number of carbonyl (C=O) groups excluding carboxylic acids is 1. The van der Waals surface area contributed by atoms with Crippen molar-refractivity contribution in [2.45, 2.75) is 18.9 Å². The lowest BCUT2D eigenvalue weighted by Gasteiger charge is -2.32. The Morgan fingerprint density at radius 3 is 2.59 bits per heavy atom. The third kappa shape index (κ3) is 4.14. The molecule has 0 radical (unpaired) electrons. The van der Waals surface area contributed by atoms with Gasteiger partial charge in [-0.2, -0.15) is 5.10 Å². The van der Waals surface area contributed by atoms with Gasteiger partial charge in [-0.05, 0) is 36.6 Å². The highest BCUT2D eigenvalue weighted by atomic mass is 35.5. The maximum absolute atomic E-state index is 12.4. The molecule has 1 saturated heterocycles. The molecule has 27 heavy (non-hydrogen) atoms. The fraction of sp³-hybridized carbons (Fsp3) is 0.238. The van der Waals surface area contributed by atoms with E-state index in [1.165, 1.54) is 0 Å². The Bertz CT molecular complexity index is 917. The lowest BCUT2D eigenvalue weighted by Crippen LogP contribution is -2.44. The third-order valence-corrected chi connectivity index (χ3v) is 5.13. The van der Waals surface area contributed by atoms with Crippen LogP contribution in [-0.2, 0) is 0 Å². The Kier molecular flexibility index (Phi) is 5.12. The van der Waals surface area contributed by atoms with E-state index >= 15 is 0 Å². The van der Waals surface area contributed by atoms with Crippen molar-refractivity contribution in [3.05, 3.63) is 71.2 Å². The topological polar surface area (TPSA) is 61.0 Å². The summed E-state index contributed by atoms with van der Waals surface area (Å²) in [5, 5.41) is 11.3. The summed E-state index contributed by atoms with van der Waals surface area (Å²) >= 11 is 5.97. The van der Waals surface area contributed by atoms with Crippen molar-refractivity contribution in [3.63, 3.8) is 0 Å². The molecule has 0 atom stereocenters. The normalized spacial score (nSPS) is 14.9. The minimum Gasteiger partial charge on any atom is -0.355 e. The van der Waals surface area contributed by atoms with Crippen molar-refractivity contribution in [3.8, 4) is 11.3 Å². The number of amides is 1. The minimum atomic E-state index is -0.0675. The molecule has 4 rings (SSSR count). The Labute approximate surface area is 163 Å². The van der Waals surface area contributed by atoms with Crippen molar-refractivity contribution in [2.75, 3.05) is 18.0 Å². The van der Waals surface area contributed by atoms with Crippen LogP contribution in [0.3, 0.4) is 0 Å². The molecular weight excluding hydrogens is 360 g/mol. The zero-order valence-corrected chi connectivity index (χ0v) is 15.6. The van der Waals surface area contributed by atoms with Gasteiger partial charge in [0.05, 0.1) is 5.69 Å². The maximum Gasteiger partial charge on any atom is 0.251 e. The van der Waals surface area contributed by atoms with Crippen LogP contribution in [0, 0.1) is 0 Å². The standard InChI is InChI=1S/C21H21ClN4O/c22-17-8-4-7-16(13-17)21(27)23-18-9-11-26(12-10-18)20-14-19(24-25-20)15-5-2-1-3-6-15/h1-8,13-14,18H,9-12H2,(H,23,27)(H,24,25). The largest absolute Gasteiger partial charge is 0.355 e. The number of nitrogens with zero attached hydrogens (tertiary/aromatic N) is 2. The van der Waals surface area contributed by atoms with E-state index in [-0.39, 0.29) is 11.9 Å². The molecule has 3 aromatic rings. The summed E-state index contributed by atoms with van der Waals surface area (Å²) < 4.78 is 0. The number of carbonyl (C=O) groups is 1. The Balaban J connectivity index is 1.34. The van der Waals surface area contributed by atoms with Crippen molar-refractivity contribution in [2.24, 2.45) is 0 Å². The number of aromatic amines is 1. The highest BCUT2D eigenvalue weighted by Crippen LogP contribution is 2.24. The molecule has 0 spiro atoms. The van der Waals surface area contributed by atoms with Crippen LogP contribution in [0.4, 0.5) is 5.82 Å². The first kappa shape index (κ1) is 17.6. The fourth-order valence-electron chi connectivity index (χ4n) is 3.39. The predicted octanol–water partition coefficient (Wildman–Crippen LogP) is 4.13. The molecule has 0 bridgehead atoms. The van der Waals surface area contributed by atoms with E-state index < -0.39 is 0 Å². The molecule has 6 heteroatoms. The number of piperidine rings is 1. The Hall–Kier alpha value is -2.79. The van der Waals surface area contributed by atoms with Crippen LogP contribution >= 0.6 is 11.6 Å². The lowest BCUT2D eigenvalue weighted by atomic mass is 10.0. The predicted molar refractivity (Wildman–Crippen MR) is 108 cm³/mol. The molecule has 0 aliphatic carbocycles. The van der Waals surface area contributed by atoms with E-state index in [2.05, 4.69) is 38.6 Å². The molecule has 0 unspecified atom stereocenters.